The van der Waals surface area contributed by atoms with Gasteiger partial charge in [0.2, 0.25) is 0 Å². The molecule has 1 aromatic carbocycles. The number of thiophene rings is 1. The van der Waals surface area contributed by atoms with E-state index in [-0.39, 0.29) is 0 Å². The van der Waals surface area contributed by atoms with Crippen LogP contribution in [-0.2, 0) is 9.53 Å². The van der Waals surface area contributed by atoms with Crippen LogP contribution in [0.15, 0.2) is 47.8 Å². The molecule has 0 aliphatic rings. The van der Waals surface area contributed by atoms with E-state index in [0.29, 0.717) is 22.2 Å². The summed E-state index contributed by atoms with van der Waals surface area (Å²) in [7, 11) is 0. The van der Waals surface area contributed by atoms with Gasteiger partial charge in [-0.2, -0.15) is 0 Å². The van der Waals surface area contributed by atoms with E-state index in [0.717, 1.165) is 4.88 Å². The van der Waals surface area contributed by atoms with Crippen LogP contribution in [0, 0.1) is 0 Å². The molecule has 0 unspecified atom stereocenters. The zero-order valence-electron chi connectivity index (χ0n) is 12.4. The van der Waals surface area contributed by atoms with Crippen molar-refractivity contribution < 1.29 is 14.3 Å². The van der Waals surface area contributed by atoms with E-state index in [4.69, 9.17) is 10.5 Å². The van der Waals surface area contributed by atoms with Crippen LogP contribution in [0.4, 0.5) is 0 Å². The van der Waals surface area contributed by atoms with Crippen molar-refractivity contribution in [1.82, 2.24) is 4.98 Å². The first-order valence-corrected chi connectivity index (χ1v) is 7.88. The molecule has 1 atom stereocenters. The van der Waals surface area contributed by atoms with Gasteiger partial charge < -0.3 is 10.5 Å². The van der Waals surface area contributed by atoms with Crippen molar-refractivity contribution in [1.29, 1.82) is 0 Å². The number of aromatic nitrogens is 1. The molecule has 23 heavy (non-hydrogen) atoms. The van der Waals surface area contributed by atoms with Gasteiger partial charge in [-0.1, -0.05) is 24.3 Å². The Morgan fingerprint density at radius 2 is 2.00 bits per heavy atom. The van der Waals surface area contributed by atoms with E-state index in [2.05, 4.69) is 4.98 Å². The van der Waals surface area contributed by atoms with Gasteiger partial charge in [0.1, 0.15) is 0 Å². The van der Waals surface area contributed by atoms with Crippen molar-refractivity contribution in [2.45, 2.75) is 13.0 Å². The van der Waals surface area contributed by atoms with Gasteiger partial charge in [0.15, 0.2) is 6.10 Å². The van der Waals surface area contributed by atoms with Gasteiger partial charge in [-0.25, -0.2) is 9.78 Å². The summed E-state index contributed by atoms with van der Waals surface area (Å²) in [6, 6.07) is 12.8. The molecule has 1 amide bonds. The highest BCUT2D eigenvalue weighted by Gasteiger charge is 2.20. The molecule has 2 heterocycles. The average Bonchev–Trinajstić information content (AvgIpc) is 3.08. The Morgan fingerprint density at radius 1 is 1.22 bits per heavy atom. The Balaban J connectivity index is 2.10. The lowest BCUT2D eigenvalue weighted by molar-refractivity contribution is -0.125. The Hall–Kier alpha value is -2.73. The van der Waals surface area contributed by atoms with Gasteiger partial charge in [0.05, 0.1) is 21.7 Å². The van der Waals surface area contributed by atoms with Crippen molar-refractivity contribution >= 4 is 34.1 Å². The molecule has 0 saturated heterocycles. The highest BCUT2D eigenvalue weighted by atomic mass is 32.1. The number of primary amides is 1. The van der Waals surface area contributed by atoms with Gasteiger partial charge in [0.25, 0.3) is 5.91 Å². The minimum Gasteiger partial charge on any atom is -0.449 e. The number of amides is 1. The van der Waals surface area contributed by atoms with Crippen molar-refractivity contribution in [2.24, 2.45) is 5.73 Å². The summed E-state index contributed by atoms with van der Waals surface area (Å²) >= 11 is 1.54. The number of ether oxygens (including phenoxy) is 1. The zero-order chi connectivity index (χ0) is 16.4. The van der Waals surface area contributed by atoms with E-state index in [1.807, 2.05) is 35.7 Å². The summed E-state index contributed by atoms with van der Waals surface area (Å²) < 4.78 is 5.14. The molecule has 5 nitrogen and oxygen atoms in total. The van der Waals surface area contributed by atoms with E-state index >= 15 is 0 Å². The van der Waals surface area contributed by atoms with Crippen LogP contribution in [0.25, 0.3) is 21.5 Å². The first kappa shape index (κ1) is 15.2. The van der Waals surface area contributed by atoms with Crippen LogP contribution in [0.1, 0.15) is 17.3 Å². The zero-order valence-corrected chi connectivity index (χ0v) is 13.2. The van der Waals surface area contributed by atoms with E-state index in [1.165, 1.54) is 18.3 Å². The summed E-state index contributed by atoms with van der Waals surface area (Å²) in [6.45, 7) is 1.45. The summed E-state index contributed by atoms with van der Waals surface area (Å²) in [4.78, 5) is 29.1. The van der Waals surface area contributed by atoms with Gasteiger partial charge in [0, 0.05) is 5.39 Å². The number of hydrogen-bond acceptors (Lipinski definition) is 5. The van der Waals surface area contributed by atoms with Gasteiger partial charge in [-0.05, 0) is 30.5 Å². The topological polar surface area (TPSA) is 82.3 Å². The lowest BCUT2D eigenvalue weighted by Crippen LogP contribution is -2.30. The standard InChI is InChI=1S/C17H14N2O3S/c1-10(16(18)20)22-17(21)12-9-14(15-7-4-8-23-15)19-13-6-3-2-5-11(12)13/h2-10H,1H3,(H2,18,20)/t10-/m0/s1. The minimum atomic E-state index is -0.986. The third-order valence-corrected chi connectivity index (χ3v) is 4.29. The number of pyridine rings is 1. The number of rotatable bonds is 4. The number of fused-ring (bicyclic) bond motifs is 1. The fourth-order valence-corrected chi connectivity index (χ4v) is 2.86. The number of carbonyl (C=O) groups excluding carboxylic acids is 2. The Kier molecular flexibility index (Phi) is 4.08. The molecule has 0 saturated carbocycles. The molecule has 0 aliphatic heterocycles. The van der Waals surface area contributed by atoms with Crippen molar-refractivity contribution in [3.63, 3.8) is 0 Å². The summed E-state index contributed by atoms with van der Waals surface area (Å²) in [5, 5.41) is 2.62. The second-order valence-corrected chi connectivity index (χ2v) is 5.95. The molecule has 6 heteroatoms. The second kappa shape index (κ2) is 6.18. The van der Waals surface area contributed by atoms with Crippen molar-refractivity contribution in [2.75, 3.05) is 0 Å². The maximum absolute atomic E-state index is 12.4. The first-order chi connectivity index (χ1) is 11.1. The van der Waals surface area contributed by atoms with Crippen LogP contribution < -0.4 is 5.73 Å². The lowest BCUT2D eigenvalue weighted by atomic mass is 10.1. The number of carbonyl (C=O) groups is 2. The quantitative estimate of drug-likeness (QED) is 0.747. The lowest BCUT2D eigenvalue weighted by Gasteiger charge is -2.12. The molecule has 0 spiro atoms. The Bertz CT molecular complexity index is 875. The van der Waals surface area contributed by atoms with Crippen LogP contribution in [0.2, 0.25) is 0 Å². The smallest absolute Gasteiger partial charge is 0.339 e. The summed E-state index contributed by atoms with van der Waals surface area (Å²) in [5.74, 6) is -1.28. The van der Waals surface area contributed by atoms with Gasteiger partial charge >= 0.3 is 5.97 Å². The molecule has 0 fully saturated rings. The average molecular weight is 326 g/mol. The normalized spacial score (nSPS) is 12.0. The van der Waals surface area contributed by atoms with E-state index in [1.54, 1.807) is 12.1 Å². The number of para-hydroxylation sites is 1. The fraction of sp³-hybridized carbons (Fsp3) is 0.118. The predicted molar refractivity (Wildman–Crippen MR) is 89.1 cm³/mol. The molecule has 0 radical (unpaired) electrons. The van der Waals surface area contributed by atoms with E-state index < -0.39 is 18.0 Å². The van der Waals surface area contributed by atoms with Gasteiger partial charge in [-0.3, -0.25) is 4.79 Å². The number of benzene rings is 1. The maximum Gasteiger partial charge on any atom is 0.339 e. The fourth-order valence-electron chi connectivity index (χ4n) is 2.18. The molecule has 3 aromatic rings. The highest BCUT2D eigenvalue weighted by Crippen LogP contribution is 2.28. The van der Waals surface area contributed by atoms with Gasteiger partial charge in [-0.15, -0.1) is 11.3 Å². The van der Waals surface area contributed by atoms with Crippen LogP contribution in [0.5, 0.6) is 0 Å². The predicted octanol–water partition coefficient (Wildman–Crippen LogP) is 2.99. The molecular weight excluding hydrogens is 312 g/mol. The molecule has 2 N–H and O–H groups in total. The number of hydrogen-bond donors (Lipinski definition) is 1. The second-order valence-electron chi connectivity index (χ2n) is 5.00. The largest absolute Gasteiger partial charge is 0.449 e. The molecule has 0 bridgehead atoms. The first-order valence-electron chi connectivity index (χ1n) is 7.00. The maximum atomic E-state index is 12.4. The van der Waals surface area contributed by atoms with Crippen molar-refractivity contribution in [3.8, 4) is 10.6 Å². The van der Waals surface area contributed by atoms with Crippen LogP contribution >= 0.6 is 11.3 Å². The van der Waals surface area contributed by atoms with Crippen LogP contribution in [-0.4, -0.2) is 23.0 Å². The monoisotopic (exact) mass is 326 g/mol. The minimum absolute atomic E-state index is 0.368. The number of esters is 1. The Labute approximate surface area is 136 Å². The molecule has 3 rings (SSSR count). The van der Waals surface area contributed by atoms with Crippen LogP contribution in [0.3, 0.4) is 0 Å². The third kappa shape index (κ3) is 3.07. The highest BCUT2D eigenvalue weighted by molar-refractivity contribution is 7.13. The summed E-state index contributed by atoms with van der Waals surface area (Å²) in [6.07, 6.45) is -0.986. The molecule has 2 aromatic heterocycles. The number of nitrogens with zero attached hydrogens (tertiary/aromatic N) is 1. The third-order valence-electron chi connectivity index (χ3n) is 3.39. The molecular formula is C17H14N2O3S. The summed E-state index contributed by atoms with van der Waals surface area (Å²) in [5.41, 5.74) is 6.91. The Morgan fingerprint density at radius 3 is 2.70 bits per heavy atom. The molecule has 116 valence electrons. The molecule has 0 aliphatic carbocycles. The van der Waals surface area contributed by atoms with E-state index in [9.17, 15) is 9.59 Å². The van der Waals surface area contributed by atoms with Crippen molar-refractivity contribution in [3.05, 3.63) is 53.4 Å². The number of nitrogens with two attached hydrogens (primary N) is 1. The SMILES string of the molecule is C[C@H](OC(=O)c1cc(-c2cccs2)nc2ccccc12)C(N)=O.